The molecule has 1 amide bonds. The van der Waals surface area contributed by atoms with Crippen molar-refractivity contribution in [2.75, 3.05) is 0 Å². The molecule has 2 rings (SSSR count). The van der Waals surface area contributed by atoms with Crippen molar-refractivity contribution in [1.82, 2.24) is 15.8 Å². The Bertz CT molecular complexity index is 610. The normalized spacial score (nSPS) is 10.2. The fourth-order valence-corrected chi connectivity index (χ4v) is 1.50. The van der Waals surface area contributed by atoms with Gasteiger partial charge in [-0.2, -0.15) is 0 Å². The second-order valence-corrected chi connectivity index (χ2v) is 3.90. The molecule has 0 saturated carbocycles. The number of allylic oxidation sites excluding steroid dienone is 1. The van der Waals surface area contributed by atoms with E-state index in [0.717, 1.165) is 0 Å². The monoisotopic (exact) mass is 267 g/mol. The van der Waals surface area contributed by atoms with E-state index in [-0.39, 0.29) is 11.7 Å². The van der Waals surface area contributed by atoms with Gasteiger partial charge in [0.15, 0.2) is 5.78 Å². The van der Waals surface area contributed by atoms with Crippen LogP contribution in [0.1, 0.15) is 20.7 Å². The van der Waals surface area contributed by atoms with Gasteiger partial charge in [-0.1, -0.05) is 30.3 Å². The zero-order chi connectivity index (χ0) is 14.2. The van der Waals surface area contributed by atoms with Gasteiger partial charge in [0.1, 0.15) is 0 Å². The van der Waals surface area contributed by atoms with Gasteiger partial charge in [-0.15, -0.1) is 0 Å². The molecular weight excluding hydrogens is 254 g/mol. The average Bonchev–Trinajstić information content (AvgIpc) is 2.53. The number of hydrogen-bond donors (Lipinski definition) is 2. The molecule has 100 valence electrons. The third-order valence-electron chi connectivity index (χ3n) is 2.50. The number of carbonyl (C=O) groups is 2. The van der Waals surface area contributed by atoms with Crippen molar-refractivity contribution in [3.05, 3.63) is 78.3 Å². The van der Waals surface area contributed by atoms with Crippen LogP contribution < -0.4 is 10.9 Å². The van der Waals surface area contributed by atoms with Crippen LogP contribution in [0.2, 0.25) is 0 Å². The molecule has 0 aliphatic heterocycles. The summed E-state index contributed by atoms with van der Waals surface area (Å²) in [6.45, 7) is 0. The van der Waals surface area contributed by atoms with E-state index in [1.165, 1.54) is 24.7 Å². The van der Waals surface area contributed by atoms with Crippen LogP contribution in [0.4, 0.5) is 0 Å². The lowest BCUT2D eigenvalue weighted by Gasteiger charge is -2.03. The molecule has 1 aromatic carbocycles. The van der Waals surface area contributed by atoms with E-state index in [0.29, 0.717) is 11.1 Å². The van der Waals surface area contributed by atoms with Gasteiger partial charge < -0.3 is 5.43 Å². The van der Waals surface area contributed by atoms with E-state index in [1.807, 2.05) is 6.07 Å². The smallest absolute Gasteiger partial charge is 0.269 e. The lowest BCUT2D eigenvalue weighted by molar-refractivity contribution is 0.0939. The number of ketones is 1. The van der Waals surface area contributed by atoms with E-state index < -0.39 is 0 Å². The zero-order valence-corrected chi connectivity index (χ0v) is 10.6. The highest BCUT2D eigenvalue weighted by molar-refractivity contribution is 6.04. The molecule has 1 aromatic heterocycles. The summed E-state index contributed by atoms with van der Waals surface area (Å²) < 4.78 is 0. The van der Waals surface area contributed by atoms with E-state index in [1.54, 1.807) is 36.4 Å². The Balaban J connectivity index is 1.83. The van der Waals surface area contributed by atoms with Crippen LogP contribution in [0.25, 0.3) is 0 Å². The van der Waals surface area contributed by atoms with Crippen LogP contribution in [0, 0.1) is 0 Å². The fourth-order valence-electron chi connectivity index (χ4n) is 1.50. The largest absolute Gasteiger partial charge is 0.305 e. The molecule has 0 bridgehead atoms. The summed E-state index contributed by atoms with van der Waals surface area (Å²) in [5.41, 5.74) is 6.08. The highest BCUT2D eigenvalue weighted by Gasteiger charge is 2.02. The van der Waals surface area contributed by atoms with Crippen molar-refractivity contribution >= 4 is 11.7 Å². The molecule has 0 radical (unpaired) electrons. The van der Waals surface area contributed by atoms with Gasteiger partial charge in [0.25, 0.3) is 5.91 Å². The van der Waals surface area contributed by atoms with Crippen molar-refractivity contribution in [1.29, 1.82) is 0 Å². The van der Waals surface area contributed by atoms with E-state index in [9.17, 15) is 9.59 Å². The zero-order valence-electron chi connectivity index (χ0n) is 10.6. The molecule has 20 heavy (non-hydrogen) atoms. The Hall–Kier alpha value is -2.95. The number of amides is 1. The van der Waals surface area contributed by atoms with Crippen LogP contribution in [-0.4, -0.2) is 16.7 Å². The van der Waals surface area contributed by atoms with Gasteiger partial charge in [-0.05, 0) is 12.1 Å². The number of hydrazine groups is 1. The first-order valence-electron chi connectivity index (χ1n) is 5.99. The minimum Gasteiger partial charge on any atom is -0.305 e. The van der Waals surface area contributed by atoms with Crippen LogP contribution >= 0.6 is 0 Å². The number of hydrogen-bond acceptors (Lipinski definition) is 4. The second kappa shape index (κ2) is 6.84. The summed E-state index contributed by atoms with van der Waals surface area (Å²) in [4.78, 5) is 27.2. The third kappa shape index (κ3) is 3.78. The first kappa shape index (κ1) is 13.5. The molecule has 0 spiro atoms. The predicted octanol–water partition coefficient (Wildman–Crippen LogP) is 1.71. The minimum atomic E-state index is -0.302. The SMILES string of the molecule is O=C(/C=C/NNC(=O)c1ccncc1)c1ccccc1. The summed E-state index contributed by atoms with van der Waals surface area (Å²) in [7, 11) is 0. The topological polar surface area (TPSA) is 71.1 Å². The van der Waals surface area contributed by atoms with Crippen molar-refractivity contribution in [3.63, 3.8) is 0 Å². The predicted molar refractivity (Wildman–Crippen MR) is 74.8 cm³/mol. The molecule has 1 heterocycles. The number of pyridine rings is 1. The molecule has 0 aliphatic carbocycles. The number of aromatic nitrogens is 1. The molecule has 2 aromatic rings. The molecule has 0 atom stereocenters. The number of carbonyl (C=O) groups excluding carboxylic acids is 2. The maximum atomic E-state index is 11.7. The van der Waals surface area contributed by atoms with E-state index >= 15 is 0 Å². The maximum Gasteiger partial charge on any atom is 0.269 e. The molecule has 0 saturated heterocycles. The average molecular weight is 267 g/mol. The third-order valence-corrected chi connectivity index (χ3v) is 2.50. The molecule has 0 fully saturated rings. The summed E-state index contributed by atoms with van der Waals surface area (Å²) in [6, 6.07) is 12.1. The van der Waals surface area contributed by atoms with Gasteiger partial charge in [-0.3, -0.25) is 20.0 Å². The number of nitrogens with one attached hydrogen (secondary N) is 2. The van der Waals surface area contributed by atoms with E-state index in [2.05, 4.69) is 15.8 Å². The molecule has 0 aliphatic rings. The van der Waals surface area contributed by atoms with E-state index in [4.69, 9.17) is 0 Å². The lowest BCUT2D eigenvalue weighted by atomic mass is 10.1. The van der Waals surface area contributed by atoms with Crippen LogP contribution in [0.15, 0.2) is 67.1 Å². The van der Waals surface area contributed by atoms with Crippen molar-refractivity contribution < 1.29 is 9.59 Å². The Morgan fingerprint density at radius 2 is 1.65 bits per heavy atom. The van der Waals surface area contributed by atoms with Crippen molar-refractivity contribution in [2.24, 2.45) is 0 Å². The fraction of sp³-hybridized carbons (Fsp3) is 0. The van der Waals surface area contributed by atoms with Gasteiger partial charge in [0.05, 0.1) is 0 Å². The van der Waals surface area contributed by atoms with Gasteiger partial charge >= 0.3 is 0 Å². The Morgan fingerprint density at radius 3 is 2.35 bits per heavy atom. The quantitative estimate of drug-likeness (QED) is 0.491. The Labute approximate surface area is 116 Å². The first-order valence-corrected chi connectivity index (χ1v) is 5.99. The summed E-state index contributed by atoms with van der Waals surface area (Å²) in [5, 5.41) is 0. The number of nitrogens with zero attached hydrogens (tertiary/aromatic N) is 1. The second-order valence-electron chi connectivity index (χ2n) is 3.90. The van der Waals surface area contributed by atoms with Crippen molar-refractivity contribution in [2.45, 2.75) is 0 Å². The highest BCUT2D eigenvalue weighted by Crippen LogP contribution is 2.00. The summed E-state index contributed by atoms with van der Waals surface area (Å²) in [5.74, 6) is -0.444. The first-order chi connectivity index (χ1) is 9.77. The molecule has 0 unspecified atom stereocenters. The Morgan fingerprint density at radius 1 is 0.950 bits per heavy atom. The number of benzene rings is 1. The van der Waals surface area contributed by atoms with Gasteiger partial charge in [0.2, 0.25) is 0 Å². The lowest BCUT2D eigenvalue weighted by Crippen LogP contribution is -2.33. The summed E-state index contributed by atoms with van der Waals surface area (Å²) >= 11 is 0. The van der Waals surface area contributed by atoms with Crippen LogP contribution in [0.5, 0.6) is 0 Å². The molecule has 5 nitrogen and oxygen atoms in total. The maximum absolute atomic E-state index is 11.7. The van der Waals surface area contributed by atoms with Crippen molar-refractivity contribution in [3.8, 4) is 0 Å². The molecule has 2 N–H and O–H groups in total. The molecular formula is C15H13N3O2. The van der Waals surface area contributed by atoms with Crippen LogP contribution in [-0.2, 0) is 0 Å². The number of rotatable bonds is 5. The minimum absolute atomic E-state index is 0.142. The highest BCUT2D eigenvalue weighted by atomic mass is 16.2. The standard InChI is InChI=1S/C15H13N3O2/c19-14(12-4-2-1-3-5-12)8-11-17-18-15(20)13-6-9-16-10-7-13/h1-11,17H,(H,18,20)/b11-8+. The van der Waals surface area contributed by atoms with Gasteiger partial charge in [0, 0.05) is 35.8 Å². The van der Waals surface area contributed by atoms with Crippen LogP contribution in [0.3, 0.4) is 0 Å². The summed E-state index contributed by atoms with van der Waals surface area (Å²) in [6.07, 6.45) is 5.80. The Kier molecular flexibility index (Phi) is 4.61. The van der Waals surface area contributed by atoms with Gasteiger partial charge in [-0.25, -0.2) is 0 Å². The molecule has 5 heteroatoms.